The van der Waals surface area contributed by atoms with E-state index in [1.165, 1.54) is 0 Å². The molecule has 2 N–H and O–H groups in total. The Bertz CT molecular complexity index is 392. The van der Waals surface area contributed by atoms with Gasteiger partial charge in [0.2, 0.25) is 0 Å². The highest BCUT2D eigenvalue weighted by atomic mass is 16.5. The van der Waals surface area contributed by atoms with Crippen LogP contribution in [0.2, 0.25) is 0 Å². The van der Waals surface area contributed by atoms with E-state index in [-0.39, 0.29) is 13.2 Å². The van der Waals surface area contributed by atoms with Crippen LogP contribution in [0.1, 0.15) is 5.56 Å². The lowest BCUT2D eigenvalue weighted by Crippen LogP contribution is -2.27. The fourth-order valence-corrected chi connectivity index (χ4v) is 1.38. The fourth-order valence-electron chi connectivity index (χ4n) is 1.38. The van der Waals surface area contributed by atoms with Gasteiger partial charge in [-0.05, 0) is 31.3 Å². The molecule has 1 aromatic rings. The lowest BCUT2D eigenvalue weighted by molar-refractivity contribution is 0.192. The van der Waals surface area contributed by atoms with Gasteiger partial charge in [0, 0.05) is 18.7 Å². The Balaban J connectivity index is 2.35. The van der Waals surface area contributed by atoms with Crippen molar-refractivity contribution in [3.05, 3.63) is 29.8 Å². The second kappa shape index (κ2) is 8.54. The van der Waals surface area contributed by atoms with Gasteiger partial charge >= 0.3 is 0 Å². The Kier molecular flexibility index (Phi) is 6.89. The summed E-state index contributed by atoms with van der Waals surface area (Å²) in [5, 5.41) is 17.3. The SMILES string of the molecule is CN(CCO)CCOc1ccc(C#CCO)cc1. The summed E-state index contributed by atoms with van der Waals surface area (Å²) in [7, 11) is 1.94. The Hall–Kier alpha value is -1.54. The number of hydrogen-bond acceptors (Lipinski definition) is 4. The summed E-state index contributed by atoms with van der Waals surface area (Å²) in [6, 6.07) is 7.42. The molecule has 0 spiro atoms. The first-order valence-electron chi connectivity index (χ1n) is 5.88. The highest BCUT2D eigenvalue weighted by Gasteiger charge is 1.98. The third-order valence-electron chi connectivity index (χ3n) is 2.39. The summed E-state index contributed by atoms with van der Waals surface area (Å²) in [5.74, 6) is 6.21. The van der Waals surface area contributed by atoms with Crippen LogP contribution in [-0.2, 0) is 0 Å². The Morgan fingerprint density at radius 3 is 2.50 bits per heavy atom. The highest BCUT2D eigenvalue weighted by molar-refractivity contribution is 5.38. The van der Waals surface area contributed by atoms with Gasteiger partial charge in [0.25, 0.3) is 0 Å². The smallest absolute Gasteiger partial charge is 0.119 e. The number of rotatable bonds is 6. The van der Waals surface area contributed by atoms with Crippen LogP contribution >= 0.6 is 0 Å². The second-order valence-corrected chi connectivity index (χ2v) is 3.86. The number of aliphatic hydroxyl groups is 2. The van der Waals surface area contributed by atoms with Crippen molar-refractivity contribution in [3.63, 3.8) is 0 Å². The number of likely N-dealkylation sites (N-methyl/N-ethyl adjacent to an activating group) is 1. The van der Waals surface area contributed by atoms with Gasteiger partial charge in [-0.25, -0.2) is 0 Å². The van der Waals surface area contributed by atoms with E-state index in [0.29, 0.717) is 13.2 Å². The van der Waals surface area contributed by atoms with E-state index in [2.05, 4.69) is 11.8 Å². The van der Waals surface area contributed by atoms with Crippen molar-refractivity contribution in [1.29, 1.82) is 0 Å². The molecule has 0 saturated carbocycles. The first-order valence-corrected chi connectivity index (χ1v) is 5.88. The van der Waals surface area contributed by atoms with E-state index in [4.69, 9.17) is 14.9 Å². The molecule has 0 fully saturated rings. The Morgan fingerprint density at radius 1 is 1.17 bits per heavy atom. The molecule has 0 radical (unpaired) electrons. The third kappa shape index (κ3) is 5.69. The molecule has 1 aromatic carbocycles. The van der Waals surface area contributed by atoms with Crippen molar-refractivity contribution in [2.45, 2.75) is 0 Å². The molecule has 0 aliphatic rings. The topological polar surface area (TPSA) is 52.9 Å². The predicted molar refractivity (Wildman–Crippen MR) is 70.5 cm³/mol. The van der Waals surface area contributed by atoms with E-state index in [1.54, 1.807) is 0 Å². The molecule has 0 unspecified atom stereocenters. The van der Waals surface area contributed by atoms with E-state index >= 15 is 0 Å². The molecule has 4 nitrogen and oxygen atoms in total. The number of benzene rings is 1. The van der Waals surface area contributed by atoms with E-state index < -0.39 is 0 Å². The number of ether oxygens (including phenoxy) is 1. The summed E-state index contributed by atoms with van der Waals surface area (Å²) in [5.41, 5.74) is 0.855. The van der Waals surface area contributed by atoms with Crippen LogP contribution < -0.4 is 4.74 Å². The summed E-state index contributed by atoms with van der Waals surface area (Å²) in [6.45, 7) is 2.04. The van der Waals surface area contributed by atoms with Crippen molar-refractivity contribution < 1.29 is 14.9 Å². The zero-order valence-corrected chi connectivity index (χ0v) is 10.6. The average molecular weight is 249 g/mol. The van der Waals surface area contributed by atoms with Crippen LogP contribution in [0, 0.1) is 11.8 Å². The maximum atomic E-state index is 8.74. The molecule has 0 heterocycles. The number of nitrogens with zero attached hydrogens (tertiary/aromatic N) is 1. The molecule has 1 rings (SSSR count). The molecule has 0 amide bonds. The maximum absolute atomic E-state index is 8.74. The molecule has 0 bridgehead atoms. The summed E-state index contributed by atoms with van der Waals surface area (Å²) in [4.78, 5) is 2.00. The van der Waals surface area contributed by atoms with Crippen molar-refractivity contribution in [1.82, 2.24) is 4.90 Å². The van der Waals surface area contributed by atoms with Crippen molar-refractivity contribution >= 4 is 0 Å². The molecule has 0 aliphatic carbocycles. The van der Waals surface area contributed by atoms with Gasteiger partial charge in [-0.2, -0.15) is 0 Å². The van der Waals surface area contributed by atoms with Gasteiger partial charge in [-0.15, -0.1) is 0 Å². The minimum atomic E-state index is -0.130. The number of hydrogen-bond donors (Lipinski definition) is 2. The monoisotopic (exact) mass is 249 g/mol. The number of aliphatic hydroxyl groups excluding tert-OH is 2. The Labute approximate surface area is 108 Å². The van der Waals surface area contributed by atoms with Crippen molar-refractivity contribution in [2.75, 3.05) is 40.0 Å². The van der Waals surface area contributed by atoms with E-state index in [9.17, 15) is 0 Å². The summed E-state index contributed by atoms with van der Waals surface area (Å²) >= 11 is 0. The molecular formula is C14H19NO3. The van der Waals surface area contributed by atoms with Gasteiger partial charge in [0.1, 0.15) is 19.0 Å². The van der Waals surface area contributed by atoms with Crippen LogP contribution in [0.4, 0.5) is 0 Å². The lowest BCUT2D eigenvalue weighted by atomic mass is 10.2. The largest absolute Gasteiger partial charge is 0.492 e. The zero-order valence-electron chi connectivity index (χ0n) is 10.6. The zero-order chi connectivity index (χ0) is 13.2. The van der Waals surface area contributed by atoms with Crippen molar-refractivity contribution in [3.8, 4) is 17.6 Å². The molecule has 0 aromatic heterocycles. The standard InChI is InChI=1S/C14H19NO3/c1-15(8-11-17)9-12-18-14-6-4-13(5-7-14)3-2-10-16/h4-7,16-17H,8-12H2,1H3. The molecule has 18 heavy (non-hydrogen) atoms. The molecule has 98 valence electrons. The van der Waals surface area contributed by atoms with Gasteiger partial charge < -0.3 is 19.8 Å². The lowest BCUT2D eigenvalue weighted by Gasteiger charge is -2.15. The van der Waals surface area contributed by atoms with Crippen LogP contribution in [0.15, 0.2) is 24.3 Å². The first kappa shape index (κ1) is 14.5. The minimum Gasteiger partial charge on any atom is -0.492 e. The normalized spacial score (nSPS) is 10.0. The molecule has 0 atom stereocenters. The quantitative estimate of drug-likeness (QED) is 0.714. The fraction of sp³-hybridized carbons (Fsp3) is 0.429. The molecular weight excluding hydrogens is 230 g/mol. The van der Waals surface area contributed by atoms with Gasteiger partial charge in [0.05, 0.1) is 6.61 Å². The minimum absolute atomic E-state index is 0.130. The predicted octanol–water partition coefficient (Wildman–Crippen LogP) is 0.333. The summed E-state index contributed by atoms with van der Waals surface area (Å²) < 4.78 is 5.56. The molecule has 0 saturated heterocycles. The summed E-state index contributed by atoms with van der Waals surface area (Å²) in [6.07, 6.45) is 0. The Morgan fingerprint density at radius 2 is 1.89 bits per heavy atom. The molecule has 4 heteroatoms. The van der Waals surface area contributed by atoms with Crippen LogP contribution in [0.3, 0.4) is 0 Å². The maximum Gasteiger partial charge on any atom is 0.119 e. The first-order chi connectivity index (χ1) is 8.76. The highest BCUT2D eigenvalue weighted by Crippen LogP contribution is 2.11. The van der Waals surface area contributed by atoms with Gasteiger partial charge in [0.15, 0.2) is 0 Å². The molecule has 0 aliphatic heterocycles. The van der Waals surface area contributed by atoms with Gasteiger partial charge in [-0.3, -0.25) is 0 Å². The van der Waals surface area contributed by atoms with E-state index in [0.717, 1.165) is 17.9 Å². The van der Waals surface area contributed by atoms with Crippen LogP contribution in [0.25, 0.3) is 0 Å². The van der Waals surface area contributed by atoms with E-state index in [1.807, 2.05) is 36.2 Å². The third-order valence-corrected chi connectivity index (χ3v) is 2.39. The van der Waals surface area contributed by atoms with Crippen LogP contribution in [0.5, 0.6) is 5.75 Å². The van der Waals surface area contributed by atoms with Crippen LogP contribution in [-0.4, -0.2) is 55.1 Å². The second-order valence-electron chi connectivity index (χ2n) is 3.86. The van der Waals surface area contributed by atoms with Crippen molar-refractivity contribution in [2.24, 2.45) is 0 Å². The average Bonchev–Trinajstić information content (AvgIpc) is 2.38. The van der Waals surface area contributed by atoms with Gasteiger partial charge in [-0.1, -0.05) is 11.8 Å².